The lowest BCUT2D eigenvalue weighted by molar-refractivity contribution is 0.997. The minimum absolute atomic E-state index is 1.17. The number of rotatable bonds is 0. The molecule has 0 unspecified atom stereocenters. The molecule has 0 radical (unpaired) electrons. The van der Waals surface area contributed by atoms with Gasteiger partial charge in [-0.15, -0.1) is 0 Å². The van der Waals surface area contributed by atoms with Crippen molar-refractivity contribution in [3.05, 3.63) is 65.7 Å². The Bertz CT molecular complexity index is 778. The molecule has 0 heterocycles. The highest BCUT2D eigenvalue weighted by atomic mass is 14.1. The molecule has 18 heavy (non-hydrogen) atoms. The maximum atomic E-state index is 2.29. The summed E-state index contributed by atoms with van der Waals surface area (Å²) in [6, 6.07) is 17.7. The molecule has 0 saturated carbocycles. The topological polar surface area (TPSA) is 0 Å². The lowest BCUT2D eigenvalue weighted by Crippen LogP contribution is -1.95. The largest absolute Gasteiger partial charge is 0.0836 e. The van der Waals surface area contributed by atoms with Crippen LogP contribution >= 0.6 is 0 Å². The van der Waals surface area contributed by atoms with E-state index in [0.717, 1.165) is 0 Å². The first kappa shape index (κ1) is 9.90. The lowest BCUT2D eigenvalue weighted by Gasteiger charge is -2.14. The van der Waals surface area contributed by atoms with Crippen molar-refractivity contribution < 1.29 is 0 Å². The van der Waals surface area contributed by atoms with Gasteiger partial charge in [-0.2, -0.15) is 0 Å². The molecule has 0 bridgehead atoms. The van der Waals surface area contributed by atoms with Crippen molar-refractivity contribution in [1.29, 1.82) is 0 Å². The highest BCUT2D eigenvalue weighted by Crippen LogP contribution is 2.32. The van der Waals surface area contributed by atoms with Gasteiger partial charge < -0.3 is 0 Å². The Morgan fingerprint density at radius 2 is 1.61 bits per heavy atom. The number of hydrogen-bond donors (Lipinski definition) is 0. The van der Waals surface area contributed by atoms with Gasteiger partial charge in [-0.05, 0) is 45.5 Å². The minimum atomic E-state index is 1.17. The van der Waals surface area contributed by atoms with Crippen molar-refractivity contribution in [2.75, 3.05) is 0 Å². The summed E-state index contributed by atoms with van der Waals surface area (Å²) in [5.41, 5.74) is 2.91. The number of fused-ring (bicyclic) bond motifs is 5. The first-order valence-corrected chi connectivity index (χ1v) is 6.53. The second kappa shape index (κ2) is 3.71. The van der Waals surface area contributed by atoms with Gasteiger partial charge in [-0.25, -0.2) is 0 Å². The summed E-state index contributed by atoms with van der Waals surface area (Å²) in [5.74, 6) is 0. The highest BCUT2D eigenvalue weighted by Gasteiger charge is 2.09. The fourth-order valence-electron chi connectivity index (χ4n) is 3.04. The fraction of sp³-hybridized carbons (Fsp3) is 0.111. The van der Waals surface area contributed by atoms with Crippen molar-refractivity contribution in [2.45, 2.75) is 12.8 Å². The van der Waals surface area contributed by atoms with Gasteiger partial charge in [0.15, 0.2) is 0 Å². The summed E-state index contributed by atoms with van der Waals surface area (Å²) in [4.78, 5) is 0. The van der Waals surface area contributed by atoms with Crippen molar-refractivity contribution in [2.24, 2.45) is 0 Å². The van der Waals surface area contributed by atoms with Gasteiger partial charge in [0.2, 0.25) is 0 Å². The van der Waals surface area contributed by atoms with E-state index in [9.17, 15) is 0 Å². The van der Waals surface area contributed by atoms with Crippen LogP contribution in [0, 0.1) is 0 Å². The normalized spacial score (nSPS) is 14.0. The smallest absolute Gasteiger partial charge is 0.0102 e. The Balaban J connectivity index is 2.19. The van der Waals surface area contributed by atoms with Crippen LogP contribution in [0.3, 0.4) is 0 Å². The quantitative estimate of drug-likeness (QED) is 0.479. The van der Waals surface area contributed by atoms with Crippen molar-refractivity contribution >= 4 is 27.6 Å². The van der Waals surface area contributed by atoms with E-state index in [0.29, 0.717) is 0 Å². The average Bonchev–Trinajstić information content (AvgIpc) is 2.46. The first-order valence-electron chi connectivity index (χ1n) is 6.53. The third-order valence-electron chi connectivity index (χ3n) is 3.93. The van der Waals surface area contributed by atoms with Crippen LogP contribution in [0.4, 0.5) is 0 Å². The lowest BCUT2D eigenvalue weighted by atomic mass is 9.90. The maximum Gasteiger partial charge on any atom is -0.0102 e. The van der Waals surface area contributed by atoms with E-state index in [1.54, 1.807) is 0 Å². The van der Waals surface area contributed by atoms with Crippen LogP contribution in [0.5, 0.6) is 0 Å². The molecule has 0 saturated heterocycles. The first-order chi connectivity index (χ1) is 8.93. The fourth-order valence-corrected chi connectivity index (χ4v) is 3.04. The van der Waals surface area contributed by atoms with Crippen LogP contribution in [0.2, 0.25) is 0 Å². The Morgan fingerprint density at radius 3 is 2.61 bits per heavy atom. The molecule has 0 aliphatic heterocycles. The van der Waals surface area contributed by atoms with Gasteiger partial charge in [0.05, 0.1) is 0 Å². The SMILES string of the molecule is C1=Cc2ccc3c(ccc4ccccc43)c2CC1. The van der Waals surface area contributed by atoms with Crippen LogP contribution < -0.4 is 0 Å². The maximum absolute atomic E-state index is 2.29. The average molecular weight is 230 g/mol. The summed E-state index contributed by atoms with van der Waals surface area (Å²) in [6.07, 6.45) is 6.86. The second-order valence-electron chi connectivity index (χ2n) is 4.96. The monoisotopic (exact) mass is 230 g/mol. The van der Waals surface area contributed by atoms with Gasteiger partial charge in [-0.3, -0.25) is 0 Å². The van der Waals surface area contributed by atoms with Gasteiger partial charge in [-0.1, -0.05) is 60.7 Å². The molecule has 0 aromatic heterocycles. The number of aryl methyl sites for hydroxylation is 1. The highest BCUT2D eigenvalue weighted by molar-refractivity contribution is 6.09. The van der Waals surface area contributed by atoms with E-state index in [1.165, 1.54) is 45.5 Å². The van der Waals surface area contributed by atoms with Crippen LogP contribution in [-0.4, -0.2) is 0 Å². The molecule has 3 aromatic carbocycles. The number of allylic oxidation sites excluding steroid dienone is 1. The van der Waals surface area contributed by atoms with E-state index >= 15 is 0 Å². The Kier molecular flexibility index (Phi) is 2.04. The van der Waals surface area contributed by atoms with E-state index < -0.39 is 0 Å². The van der Waals surface area contributed by atoms with E-state index in [1.807, 2.05) is 0 Å². The molecule has 0 N–H and O–H groups in total. The third-order valence-corrected chi connectivity index (χ3v) is 3.93. The third kappa shape index (κ3) is 1.32. The van der Waals surface area contributed by atoms with Crippen molar-refractivity contribution in [1.82, 2.24) is 0 Å². The molecule has 1 aliphatic rings. The van der Waals surface area contributed by atoms with Crippen molar-refractivity contribution in [3.63, 3.8) is 0 Å². The summed E-state index contributed by atoms with van der Waals surface area (Å²) in [6.45, 7) is 0. The molecular weight excluding hydrogens is 216 g/mol. The van der Waals surface area contributed by atoms with E-state index in [-0.39, 0.29) is 0 Å². The molecule has 1 aliphatic carbocycles. The molecule has 4 rings (SSSR count). The van der Waals surface area contributed by atoms with Gasteiger partial charge in [0.25, 0.3) is 0 Å². The molecule has 0 heteroatoms. The van der Waals surface area contributed by atoms with Gasteiger partial charge in [0, 0.05) is 0 Å². The van der Waals surface area contributed by atoms with Crippen LogP contribution in [0.25, 0.3) is 27.6 Å². The summed E-state index contributed by atoms with van der Waals surface area (Å²) >= 11 is 0. The Labute approximate surface area is 107 Å². The molecular formula is C18H14. The van der Waals surface area contributed by atoms with Crippen molar-refractivity contribution in [3.8, 4) is 0 Å². The molecule has 0 atom stereocenters. The van der Waals surface area contributed by atoms with Gasteiger partial charge >= 0.3 is 0 Å². The Morgan fingerprint density at radius 1 is 0.722 bits per heavy atom. The van der Waals surface area contributed by atoms with E-state index in [4.69, 9.17) is 0 Å². The van der Waals surface area contributed by atoms with Crippen LogP contribution in [0.15, 0.2) is 54.6 Å². The zero-order valence-electron chi connectivity index (χ0n) is 10.2. The van der Waals surface area contributed by atoms with E-state index in [2.05, 4.69) is 60.7 Å². The predicted octanol–water partition coefficient (Wildman–Crippen LogP) is 4.95. The molecule has 0 amide bonds. The second-order valence-corrected chi connectivity index (χ2v) is 4.96. The standard InChI is InChI=1S/C18H14/c1-3-7-15-13(5-1)9-11-18-16-8-4-2-6-14(16)10-12-17(15)18/h1-3,5-7,9-12H,4,8H2. The zero-order valence-corrected chi connectivity index (χ0v) is 10.2. The molecule has 3 aromatic rings. The molecule has 0 spiro atoms. The van der Waals surface area contributed by atoms with Crippen LogP contribution in [0.1, 0.15) is 17.5 Å². The summed E-state index contributed by atoms with van der Waals surface area (Å²) < 4.78 is 0. The number of hydrogen-bond acceptors (Lipinski definition) is 0. The Hall–Kier alpha value is -2.08. The molecule has 0 nitrogen and oxygen atoms in total. The molecule has 0 fully saturated rings. The van der Waals surface area contributed by atoms with Crippen LogP contribution in [-0.2, 0) is 6.42 Å². The zero-order chi connectivity index (χ0) is 11.9. The minimum Gasteiger partial charge on any atom is -0.0836 e. The summed E-state index contributed by atoms with van der Waals surface area (Å²) in [5, 5.41) is 5.52. The number of benzene rings is 3. The predicted molar refractivity (Wildman–Crippen MR) is 78.8 cm³/mol. The van der Waals surface area contributed by atoms with Gasteiger partial charge in [0.1, 0.15) is 0 Å². The summed E-state index contributed by atoms with van der Waals surface area (Å²) in [7, 11) is 0. The molecule has 86 valence electrons.